The minimum absolute atomic E-state index is 0.854. The monoisotopic (exact) mass is 156 g/mol. The van der Waals surface area contributed by atoms with Crippen LogP contribution in [0.3, 0.4) is 0 Å². The Morgan fingerprint density at radius 2 is 1.92 bits per heavy atom. The van der Waals surface area contributed by atoms with Crippen molar-refractivity contribution in [3.05, 3.63) is 35.9 Å². The van der Waals surface area contributed by atoms with Gasteiger partial charge in [0.1, 0.15) is 0 Å². The molecule has 0 saturated carbocycles. The van der Waals surface area contributed by atoms with Crippen molar-refractivity contribution in [2.45, 2.75) is 6.10 Å². The highest BCUT2D eigenvalue weighted by molar-refractivity contribution is 5.35. The van der Waals surface area contributed by atoms with E-state index in [1.807, 2.05) is 30.3 Å². The predicted molar refractivity (Wildman–Crippen MR) is 48.2 cm³/mol. The molecule has 0 saturated heterocycles. The van der Waals surface area contributed by atoms with Gasteiger partial charge >= 0.3 is 0 Å². The van der Waals surface area contributed by atoms with Gasteiger partial charge in [-0.15, -0.1) is 6.42 Å². The number of hydrogen-bond donors (Lipinski definition) is 1. The van der Waals surface area contributed by atoms with Crippen LogP contribution in [0.1, 0.15) is 5.56 Å². The van der Waals surface area contributed by atoms with Crippen LogP contribution in [0.2, 0.25) is 0 Å². The molecule has 1 heteroatoms. The zero-order valence-corrected chi connectivity index (χ0v) is 6.49. The summed E-state index contributed by atoms with van der Waals surface area (Å²) in [6, 6.07) is 9.38. The Bertz CT molecular complexity index is 335. The second-order valence-corrected chi connectivity index (χ2v) is 2.20. The van der Waals surface area contributed by atoms with Crippen molar-refractivity contribution in [3.8, 4) is 24.2 Å². The quantitative estimate of drug-likeness (QED) is 0.556. The van der Waals surface area contributed by atoms with E-state index in [-0.39, 0.29) is 0 Å². The SMILES string of the molecule is C#CC(O)C#Cc1ccccc1. The topological polar surface area (TPSA) is 20.2 Å². The standard InChI is InChI=1S/C11H8O/c1-2-11(12)9-8-10-6-4-3-5-7-10/h1,3-7,11-12H. The normalized spacial score (nSPS) is 10.7. The van der Waals surface area contributed by atoms with E-state index >= 15 is 0 Å². The summed E-state index contributed by atoms with van der Waals surface area (Å²) in [5.74, 6) is 7.39. The summed E-state index contributed by atoms with van der Waals surface area (Å²) in [5.41, 5.74) is 0.854. The van der Waals surface area contributed by atoms with E-state index in [2.05, 4.69) is 17.8 Å². The van der Waals surface area contributed by atoms with E-state index in [0.717, 1.165) is 5.56 Å². The zero-order valence-electron chi connectivity index (χ0n) is 6.49. The molecule has 1 nitrogen and oxygen atoms in total. The van der Waals surface area contributed by atoms with Crippen molar-refractivity contribution in [3.63, 3.8) is 0 Å². The lowest BCUT2D eigenvalue weighted by atomic mass is 10.2. The number of rotatable bonds is 0. The Balaban J connectivity index is 2.75. The summed E-state index contributed by atoms with van der Waals surface area (Å²) in [7, 11) is 0. The fraction of sp³-hybridized carbons (Fsp3) is 0.0909. The van der Waals surface area contributed by atoms with Crippen molar-refractivity contribution in [2.24, 2.45) is 0 Å². The van der Waals surface area contributed by atoms with Crippen molar-refractivity contribution >= 4 is 0 Å². The van der Waals surface area contributed by atoms with Crippen LogP contribution in [0, 0.1) is 24.2 Å². The summed E-state index contributed by atoms with van der Waals surface area (Å²) in [5, 5.41) is 8.91. The van der Waals surface area contributed by atoms with Crippen LogP contribution in [0.25, 0.3) is 0 Å². The first-order valence-corrected chi connectivity index (χ1v) is 3.53. The maximum absolute atomic E-state index is 8.91. The Hall–Kier alpha value is -1.70. The Morgan fingerprint density at radius 3 is 2.50 bits per heavy atom. The average Bonchev–Trinajstić information content (AvgIpc) is 2.16. The van der Waals surface area contributed by atoms with Gasteiger partial charge < -0.3 is 5.11 Å². The van der Waals surface area contributed by atoms with E-state index in [1.54, 1.807) is 0 Å². The van der Waals surface area contributed by atoms with E-state index in [1.165, 1.54) is 0 Å². The molecule has 0 heterocycles. The maximum atomic E-state index is 8.91. The lowest BCUT2D eigenvalue weighted by Crippen LogP contribution is -1.96. The molecule has 1 unspecified atom stereocenters. The van der Waals surface area contributed by atoms with Gasteiger partial charge in [0, 0.05) is 5.56 Å². The fourth-order valence-electron chi connectivity index (χ4n) is 0.715. The van der Waals surface area contributed by atoms with E-state index in [9.17, 15) is 0 Å². The predicted octanol–water partition coefficient (Wildman–Crippen LogP) is 1.03. The van der Waals surface area contributed by atoms with Crippen molar-refractivity contribution in [1.29, 1.82) is 0 Å². The average molecular weight is 156 g/mol. The minimum Gasteiger partial charge on any atom is -0.369 e. The molecule has 0 fully saturated rings. The summed E-state index contributed by atoms with van der Waals surface area (Å²) >= 11 is 0. The van der Waals surface area contributed by atoms with E-state index in [4.69, 9.17) is 11.5 Å². The second-order valence-electron chi connectivity index (χ2n) is 2.20. The molecule has 0 aromatic heterocycles. The summed E-state index contributed by atoms with van der Waals surface area (Å²) in [4.78, 5) is 0. The largest absolute Gasteiger partial charge is 0.369 e. The Morgan fingerprint density at radius 1 is 1.25 bits per heavy atom. The molecule has 12 heavy (non-hydrogen) atoms. The van der Waals surface area contributed by atoms with Gasteiger partial charge in [0.25, 0.3) is 0 Å². The molecular formula is C11H8O. The highest BCUT2D eigenvalue weighted by Gasteiger charge is 1.87. The van der Waals surface area contributed by atoms with Gasteiger partial charge in [0.05, 0.1) is 0 Å². The molecule has 1 N–H and O–H groups in total. The summed E-state index contributed by atoms with van der Waals surface area (Å²) < 4.78 is 0. The third kappa shape index (κ3) is 2.50. The zero-order chi connectivity index (χ0) is 8.81. The number of hydrogen-bond acceptors (Lipinski definition) is 1. The Labute approximate surface area is 72.0 Å². The molecule has 1 aromatic rings. The second kappa shape index (κ2) is 4.23. The maximum Gasteiger partial charge on any atom is 0.176 e. The minimum atomic E-state index is -0.967. The van der Waals surface area contributed by atoms with Gasteiger partial charge in [-0.3, -0.25) is 0 Å². The third-order valence-electron chi connectivity index (χ3n) is 1.28. The molecule has 0 aliphatic rings. The number of terminal acetylenes is 1. The third-order valence-corrected chi connectivity index (χ3v) is 1.28. The van der Waals surface area contributed by atoms with E-state index < -0.39 is 6.10 Å². The van der Waals surface area contributed by atoms with Crippen LogP contribution >= 0.6 is 0 Å². The van der Waals surface area contributed by atoms with Crippen LogP contribution < -0.4 is 0 Å². The molecule has 0 spiro atoms. The molecule has 0 radical (unpaired) electrons. The first kappa shape index (κ1) is 8.40. The summed E-state index contributed by atoms with van der Waals surface area (Å²) in [6.07, 6.45) is 3.97. The van der Waals surface area contributed by atoms with Crippen LogP contribution in [0.15, 0.2) is 30.3 Å². The number of aliphatic hydroxyl groups excluding tert-OH is 1. The highest BCUT2D eigenvalue weighted by Crippen LogP contribution is 1.94. The molecule has 1 aromatic carbocycles. The molecule has 0 amide bonds. The van der Waals surface area contributed by atoms with Crippen LogP contribution in [-0.4, -0.2) is 11.2 Å². The van der Waals surface area contributed by atoms with Gasteiger partial charge in [-0.05, 0) is 12.1 Å². The fourth-order valence-corrected chi connectivity index (χ4v) is 0.715. The van der Waals surface area contributed by atoms with E-state index in [0.29, 0.717) is 0 Å². The lowest BCUT2D eigenvalue weighted by Gasteiger charge is -1.88. The van der Waals surface area contributed by atoms with Crippen molar-refractivity contribution < 1.29 is 5.11 Å². The molecule has 58 valence electrons. The molecule has 1 rings (SSSR count). The smallest absolute Gasteiger partial charge is 0.176 e. The van der Waals surface area contributed by atoms with Gasteiger partial charge in [0.15, 0.2) is 6.10 Å². The lowest BCUT2D eigenvalue weighted by molar-refractivity contribution is 0.290. The molecular weight excluding hydrogens is 148 g/mol. The Kier molecular flexibility index (Phi) is 2.96. The van der Waals surface area contributed by atoms with Gasteiger partial charge in [-0.25, -0.2) is 0 Å². The number of benzene rings is 1. The van der Waals surface area contributed by atoms with Gasteiger partial charge in [0.2, 0.25) is 0 Å². The van der Waals surface area contributed by atoms with Crippen molar-refractivity contribution in [1.82, 2.24) is 0 Å². The molecule has 0 aliphatic carbocycles. The van der Waals surface area contributed by atoms with Crippen LogP contribution in [0.4, 0.5) is 0 Å². The van der Waals surface area contributed by atoms with Gasteiger partial charge in [-0.1, -0.05) is 36.0 Å². The van der Waals surface area contributed by atoms with Gasteiger partial charge in [-0.2, -0.15) is 0 Å². The molecule has 0 bridgehead atoms. The summed E-state index contributed by atoms with van der Waals surface area (Å²) in [6.45, 7) is 0. The highest BCUT2D eigenvalue weighted by atomic mass is 16.3. The molecule has 1 atom stereocenters. The first-order chi connectivity index (χ1) is 5.83. The molecule has 0 aliphatic heterocycles. The van der Waals surface area contributed by atoms with Crippen LogP contribution in [-0.2, 0) is 0 Å². The van der Waals surface area contributed by atoms with Crippen LogP contribution in [0.5, 0.6) is 0 Å². The first-order valence-electron chi connectivity index (χ1n) is 3.53. The number of aliphatic hydroxyl groups is 1. The van der Waals surface area contributed by atoms with Crippen molar-refractivity contribution in [2.75, 3.05) is 0 Å².